The molecule has 9 nitrogen and oxygen atoms in total. The van der Waals surface area contributed by atoms with E-state index < -0.39 is 23.4 Å². The molecule has 2 saturated heterocycles. The number of hydrazine groups is 1. The van der Waals surface area contributed by atoms with Crippen molar-refractivity contribution in [2.75, 3.05) is 32.7 Å². The van der Waals surface area contributed by atoms with Crippen molar-refractivity contribution in [3.05, 3.63) is 0 Å². The van der Waals surface area contributed by atoms with E-state index in [4.69, 9.17) is 0 Å². The molecule has 0 aromatic rings. The minimum Gasteiger partial charge on any atom is -0.340 e. The number of rotatable bonds is 5. The van der Waals surface area contributed by atoms with Gasteiger partial charge in [-0.15, -0.1) is 0 Å². The first kappa shape index (κ1) is 17.7. The molecule has 3 rings (SSSR count). The summed E-state index contributed by atoms with van der Waals surface area (Å²) in [7, 11) is 0. The Labute approximate surface area is 146 Å². The summed E-state index contributed by atoms with van der Waals surface area (Å²) in [5, 5.41) is 3.35. The van der Waals surface area contributed by atoms with Gasteiger partial charge in [0.2, 0.25) is 5.91 Å². The van der Waals surface area contributed by atoms with Crippen LogP contribution in [0.25, 0.3) is 0 Å². The lowest BCUT2D eigenvalue weighted by Gasteiger charge is -2.34. The van der Waals surface area contributed by atoms with Crippen molar-refractivity contribution in [2.24, 2.45) is 5.92 Å². The summed E-state index contributed by atoms with van der Waals surface area (Å²) in [6.45, 7) is 5.96. The highest BCUT2D eigenvalue weighted by molar-refractivity contribution is 6.07. The molecule has 25 heavy (non-hydrogen) atoms. The second-order valence-electron chi connectivity index (χ2n) is 7.17. The van der Waals surface area contributed by atoms with Crippen molar-refractivity contribution < 1.29 is 19.2 Å². The third kappa shape index (κ3) is 3.60. The van der Waals surface area contributed by atoms with Gasteiger partial charge in [-0.1, -0.05) is 6.92 Å². The SMILES string of the molecule is CCC1(C)NC(=O)N(NC(=O)CN2CCN(C(=O)C3CC3)CC2)C1=O. The molecule has 138 valence electrons. The molecule has 2 N–H and O–H groups in total. The highest BCUT2D eigenvalue weighted by Crippen LogP contribution is 2.31. The molecule has 5 amide bonds. The molecule has 1 unspecified atom stereocenters. The van der Waals surface area contributed by atoms with E-state index in [9.17, 15) is 19.2 Å². The van der Waals surface area contributed by atoms with E-state index in [2.05, 4.69) is 10.7 Å². The van der Waals surface area contributed by atoms with E-state index in [0.29, 0.717) is 32.6 Å². The third-order valence-electron chi connectivity index (χ3n) is 5.18. The summed E-state index contributed by atoms with van der Waals surface area (Å²) >= 11 is 0. The molecule has 0 spiro atoms. The van der Waals surface area contributed by atoms with E-state index in [1.54, 1.807) is 13.8 Å². The summed E-state index contributed by atoms with van der Waals surface area (Å²) in [4.78, 5) is 52.1. The number of nitrogens with zero attached hydrogens (tertiary/aromatic N) is 3. The van der Waals surface area contributed by atoms with Gasteiger partial charge in [0.15, 0.2) is 0 Å². The molecule has 1 aliphatic carbocycles. The largest absolute Gasteiger partial charge is 0.344 e. The average Bonchev–Trinajstić information content (AvgIpc) is 3.41. The fourth-order valence-electron chi connectivity index (χ4n) is 3.10. The molecule has 0 radical (unpaired) electrons. The van der Waals surface area contributed by atoms with Crippen molar-refractivity contribution in [3.8, 4) is 0 Å². The van der Waals surface area contributed by atoms with Crippen molar-refractivity contribution in [1.82, 2.24) is 25.6 Å². The van der Waals surface area contributed by atoms with Gasteiger partial charge in [-0.3, -0.25) is 24.7 Å². The van der Waals surface area contributed by atoms with Crippen LogP contribution >= 0.6 is 0 Å². The first-order valence-electron chi connectivity index (χ1n) is 8.81. The van der Waals surface area contributed by atoms with Crippen LogP contribution in [0.4, 0.5) is 4.79 Å². The van der Waals surface area contributed by atoms with Gasteiger partial charge in [0.05, 0.1) is 6.54 Å². The monoisotopic (exact) mass is 351 g/mol. The molecule has 3 fully saturated rings. The van der Waals surface area contributed by atoms with Crippen LogP contribution in [-0.2, 0) is 14.4 Å². The predicted molar refractivity (Wildman–Crippen MR) is 88.0 cm³/mol. The smallest absolute Gasteiger partial charge is 0.340 e. The maximum absolute atomic E-state index is 12.3. The summed E-state index contributed by atoms with van der Waals surface area (Å²) in [5.41, 5.74) is 1.41. The summed E-state index contributed by atoms with van der Waals surface area (Å²) in [6.07, 6.45) is 2.43. The molecule has 1 saturated carbocycles. The van der Waals surface area contributed by atoms with Gasteiger partial charge in [0.1, 0.15) is 5.54 Å². The summed E-state index contributed by atoms with van der Waals surface area (Å²) in [5.74, 6) is -0.427. The van der Waals surface area contributed by atoms with Gasteiger partial charge < -0.3 is 10.2 Å². The normalized spacial score (nSPS) is 27.4. The quantitative estimate of drug-likeness (QED) is 0.637. The van der Waals surface area contributed by atoms with Crippen LogP contribution in [0, 0.1) is 5.92 Å². The molecule has 2 aliphatic heterocycles. The van der Waals surface area contributed by atoms with E-state index >= 15 is 0 Å². The highest BCUT2D eigenvalue weighted by Gasteiger charge is 2.47. The van der Waals surface area contributed by atoms with Crippen LogP contribution in [0.5, 0.6) is 0 Å². The number of carbonyl (C=O) groups is 4. The van der Waals surface area contributed by atoms with Gasteiger partial charge in [0, 0.05) is 32.1 Å². The van der Waals surface area contributed by atoms with Crippen LogP contribution in [-0.4, -0.2) is 76.8 Å². The van der Waals surface area contributed by atoms with Crippen molar-refractivity contribution in [3.63, 3.8) is 0 Å². The lowest BCUT2D eigenvalue weighted by molar-refractivity contribution is -0.140. The standard InChI is InChI=1S/C16H25N5O4/c1-3-16(2)14(24)21(15(25)17-16)18-12(22)10-19-6-8-20(9-7-19)13(23)11-4-5-11/h11H,3-10H2,1-2H3,(H,17,25)(H,18,22). The van der Waals surface area contributed by atoms with Gasteiger partial charge in [-0.2, -0.15) is 5.01 Å². The second-order valence-corrected chi connectivity index (χ2v) is 7.17. The molecule has 1 atom stereocenters. The molecule has 2 heterocycles. The molecule has 3 aliphatic rings. The van der Waals surface area contributed by atoms with Crippen LogP contribution in [0.1, 0.15) is 33.1 Å². The van der Waals surface area contributed by atoms with E-state index in [1.165, 1.54) is 0 Å². The maximum atomic E-state index is 12.3. The average molecular weight is 351 g/mol. The lowest BCUT2D eigenvalue weighted by Crippen LogP contribution is -2.54. The van der Waals surface area contributed by atoms with Crippen molar-refractivity contribution >= 4 is 23.8 Å². The maximum Gasteiger partial charge on any atom is 0.344 e. The molecule has 0 aromatic carbocycles. The Morgan fingerprint density at radius 3 is 2.36 bits per heavy atom. The topological polar surface area (TPSA) is 102 Å². The number of nitrogens with one attached hydrogen (secondary N) is 2. The van der Waals surface area contributed by atoms with Gasteiger partial charge in [-0.25, -0.2) is 4.79 Å². The fourth-order valence-corrected chi connectivity index (χ4v) is 3.10. The highest BCUT2D eigenvalue weighted by atomic mass is 16.2. The van der Waals surface area contributed by atoms with Crippen LogP contribution < -0.4 is 10.7 Å². The molecule has 0 bridgehead atoms. The molecular weight excluding hydrogens is 326 g/mol. The van der Waals surface area contributed by atoms with Crippen molar-refractivity contribution in [2.45, 2.75) is 38.6 Å². The van der Waals surface area contributed by atoms with Crippen LogP contribution in [0.3, 0.4) is 0 Å². The minimum atomic E-state index is -0.973. The summed E-state index contributed by atoms with van der Waals surface area (Å²) in [6, 6.07) is -0.609. The Hall–Kier alpha value is -2.16. The molecule has 9 heteroatoms. The second kappa shape index (κ2) is 6.62. The van der Waals surface area contributed by atoms with Gasteiger partial charge in [-0.05, 0) is 26.2 Å². The number of amides is 5. The number of carbonyl (C=O) groups excluding carboxylic acids is 4. The van der Waals surface area contributed by atoms with Gasteiger partial charge >= 0.3 is 6.03 Å². The Bertz CT molecular complexity index is 597. The van der Waals surface area contributed by atoms with Crippen molar-refractivity contribution in [1.29, 1.82) is 0 Å². The summed E-state index contributed by atoms with van der Waals surface area (Å²) < 4.78 is 0. The van der Waals surface area contributed by atoms with E-state index in [-0.39, 0.29) is 18.4 Å². The molecular formula is C16H25N5O4. The third-order valence-corrected chi connectivity index (χ3v) is 5.18. The fraction of sp³-hybridized carbons (Fsp3) is 0.750. The number of piperazine rings is 1. The zero-order valence-electron chi connectivity index (χ0n) is 14.7. The zero-order valence-corrected chi connectivity index (χ0v) is 14.7. The van der Waals surface area contributed by atoms with E-state index in [1.807, 2.05) is 9.80 Å². The Balaban J connectivity index is 1.46. The minimum absolute atomic E-state index is 0.0886. The van der Waals surface area contributed by atoms with Gasteiger partial charge in [0.25, 0.3) is 11.8 Å². The first-order valence-corrected chi connectivity index (χ1v) is 8.81. The van der Waals surface area contributed by atoms with Crippen LogP contribution in [0.15, 0.2) is 0 Å². The lowest BCUT2D eigenvalue weighted by atomic mass is 10.00. The Morgan fingerprint density at radius 1 is 1.20 bits per heavy atom. The Kier molecular flexibility index (Phi) is 4.68. The van der Waals surface area contributed by atoms with E-state index in [0.717, 1.165) is 17.9 Å². The Morgan fingerprint density at radius 2 is 1.84 bits per heavy atom. The molecule has 0 aromatic heterocycles. The van der Waals surface area contributed by atoms with Crippen LogP contribution in [0.2, 0.25) is 0 Å². The number of hydrogen-bond donors (Lipinski definition) is 2. The first-order chi connectivity index (χ1) is 11.8. The zero-order chi connectivity index (χ0) is 18.2. The predicted octanol–water partition coefficient (Wildman–Crippen LogP) is -0.708. The number of urea groups is 1. The number of imide groups is 1. The number of hydrogen-bond acceptors (Lipinski definition) is 5.